The van der Waals surface area contributed by atoms with Gasteiger partial charge in [0.15, 0.2) is 5.43 Å². The van der Waals surface area contributed by atoms with Crippen LogP contribution in [0.4, 0.5) is 5.82 Å². The smallest absolute Gasteiger partial charge is 0.185 e. The lowest BCUT2D eigenvalue weighted by molar-refractivity contribution is 0.783. The molecule has 2 N–H and O–H groups in total. The molecule has 0 saturated carbocycles. The zero-order valence-electron chi connectivity index (χ0n) is 7.67. The largest absolute Gasteiger partial charge is 0.370 e. The van der Waals surface area contributed by atoms with Crippen LogP contribution < -0.4 is 10.7 Å². The number of pyridine rings is 1. The minimum Gasteiger partial charge on any atom is -0.370 e. The van der Waals surface area contributed by atoms with Crippen molar-refractivity contribution in [3.8, 4) is 6.07 Å². The van der Waals surface area contributed by atoms with Gasteiger partial charge in [-0.25, -0.2) is 0 Å². The van der Waals surface area contributed by atoms with Crippen LogP contribution in [0.3, 0.4) is 0 Å². The second kappa shape index (κ2) is 4.68. The van der Waals surface area contributed by atoms with E-state index in [4.69, 9.17) is 16.9 Å². The van der Waals surface area contributed by atoms with Gasteiger partial charge in [-0.2, -0.15) is 5.26 Å². The van der Waals surface area contributed by atoms with Crippen molar-refractivity contribution in [2.45, 2.75) is 6.92 Å². The first-order chi connectivity index (χ1) is 6.61. The second-order valence-corrected chi connectivity index (χ2v) is 3.40. The molecule has 0 fully saturated rings. The molecule has 1 unspecified atom stereocenters. The van der Waals surface area contributed by atoms with E-state index in [1.54, 1.807) is 6.92 Å². The van der Waals surface area contributed by atoms with Gasteiger partial charge in [-0.15, -0.1) is 0 Å². The van der Waals surface area contributed by atoms with Crippen LogP contribution in [0.5, 0.6) is 0 Å². The molecule has 0 spiro atoms. The average Bonchev–Trinajstić information content (AvgIpc) is 2.12. The molecule has 0 aliphatic rings. The summed E-state index contributed by atoms with van der Waals surface area (Å²) in [6.45, 7) is 2.27. The van der Waals surface area contributed by atoms with E-state index in [0.717, 1.165) is 0 Å². The molecule has 4 nitrogen and oxygen atoms in total. The van der Waals surface area contributed by atoms with E-state index < -0.39 is 0 Å². The van der Waals surface area contributed by atoms with Crippen LogP contribution in [-0.2, 0) is 0 Å². The van der Waals surface area contributed by atoms with Crippen LogP contribution in [0, 0.1) is 17.2 Å². The molecule has 5 heteroatoms. The number of aromatic amines is 1. The van der Waals surface area contributed by atoms with Gasteiger partial charge in [-0.05, 0) is 6.92 Å². The lowest BCUT2D eigenvalue weighted by atomic mass is 10.2. The fraction of sp³-hybridized carbons (Fsp3) is 0.333. The molecule has 0 amide bonds. The average molecular weight is 212 g/mol. The zero-order valence-corrected chi connectivity index (χ0v) is 8.43. The van der Waals surface area contributed by atoms with Gasteiger partial charge < -0.3 is 10.3 Å². The minimum absolute atomic E-state index is 0.113. The summed E-state index contributed by atoms with van der Waals surface area (Å²) in [4.78, 5) is 13.8. The minimum atomic E-state index is -0.166. The summed E-state index contributed by atoms with van der Waals surface area (Å²) in [6.07, 6.45) is 0. The first-order valence-electron chi connectivity index (χ1n) is 4.15. The number of nitrogens with zero attached hydrogens (tertiary/aromatic N) is 1. The molecule has 0 radical (unpaired) electrons. The van der Waals surface area contributed by atoms with Crippen molar-refractivity contribution >= 4 is 17.4 Å². The standard InChI is InChI=1S/C9H10ClN3O/c1-6(4-11)5-12-9-3-7(14)2-8(10)13-9/h2-3,6H,5H2,1H3,(H2,12,13,14). The summed E-state index contributed by atoms with van der Waals surface area (Å²) in [5.74, 6) is 0.419. The van der Waals surface area contributed by atoms with Crippen molar-refractivity contribution in [1.29, 1.82) is 5.26 Å². The Morgan fingerprint density at radius 3 is 3.00 bits per heavy atom. The van der Waals surface area contributed by atoms with Crippen LogP contribution in [0.25, 0.3) is 0 Å². The summed E-state index contributed by atoms with van der Waals surface area (Å²) < 4.78 is 0. The third-order valence-corrected chi connectivity index (χ3v) is 1.83. The maximum atomic E-state index is 11.0. The topological polar surface area (TPSA) is 68.7 Å². The van der Waals surface area contributed by atoms with Gasteiger partial charge in [0.05, 0.1) is 12.0 Å². The molecule has 0 aliphatic heterocycles. The van der Waals surface area contributed by atoms with Crippen molar-refractivity contribution < 1.29 is 0 Å². The van der Waals surface area contributed by atoms with Gasteiger partial charge in [-0.3, -0.25) is 4.79 Å². The highest BCUT2D eigenvalue weighted by Gasteiger charge is 2.00. The molecule has 74 valence electrons. The Kier molecular flexibility index (Phi) is 3.55. The third kappa shape index (κ3) is 3.11. The van der Waals surface area contributed by atoms with Crippen molar-refractivity contribution in [1.82, 2.24) is 4.98 Å². The van der Waals surface area contributed by atoms with E-state index in [1.165, 1.54) is 12.1 Å². The van der Waals surface area contributed by atoms with Gasteiger partial charge in [0, 0.05) is 18.7 Å². The van der Waals surface area contributed by atoms with E-state index in [9.17, 15) is 4.79 Å². The van der Waals surface area contributed by atoms with Gasteiger partial charge in [0.2, 0.25) is 0 Å². The number of hydrogen-bond acceptors (Lipinski definition) is 3. The Bertz CT molecular complexity index is 407. The van der Waals surface area contributed by atoms with Crippen LogP contribution >= 0.6 is 11.6 Å². The molecule has 1 heterocycles. The number of halogens is 1. The van der Waals surface area contributed by atoms with E-state index in [1.807, 2.05) is 0 Å². The Balaban J connectivity index is 2.69. The molecule has 1 rings (SSSR count). The number of nitriles is 1. The number of nitrogens with one attached hydrogen (secondary N) is 2. The fourth-order valence-electron chi connectivity index (χ4n) is 0.914. The van der Waals surface area contributed by atoms with Crippen molar-refractivity contribution in [3.05, 3.63) is 27.5 Å². The monoisotopic (exact) mass is 211 g/mol. The van der Waals surface area contributed by atoms with Gasteiger partial charge in [0.1, 0.15) is 11.0 Å². The number of aromatic nitrogens is 1. The summed E-state index contributed by atoms with van der Waals surface area (Å²) in [6, 6.07) is 4.77. The van der Waals surface area contributed by atoms with E-state index >= 15 is 0 Å². The summed E-state index contributed by atoms with van der Waals surface area (Å²) in [7, 11) is 0. The quantitative estimate of drug-likeness (QED) is 0.747. The van der Waals surface area contributed by atoms with Crippen LogP contribution in [0.15, 0.2) is 16.9 Å². The fourth-order valence-corrected chi connectivity index (χ4v) is 1.12. The maximum Gasteiger partial charge on any atom is 0.185 e. The molecule has 0 aliphatic carbocycles. The highest BCUT2D eigenvalue weighted by molar-refractivity contribution is 6.29. The Labute approximate surface area is 86.5 Å². The predicted octanol–water partition coefficient (Wildman–Crippen LogP) is 1.60. The Hall–Kier alpha value is -1.47. The summed E-state index contributed by atoms with van der Waals surface area (Å²) in [5.41, 5.74) is -0.166. The first-order valence-corrected chi connectivity index (χ1v) is 4.53. The molecule has 1 atom stereocenters. The predicted molar refractivity (Wildman–Crippen MR) is 55.3 cm³/mol. The second-order valence-electron chi connectivity index (χ2n) is 2.99. The number of H-pyrrole nitrogens is 1. The lowest BCUT2D eigenvalue weighted by Crippen LogP contribution is -2.12. The number of rotatable bonds is 3. The Morgan fingerprint density at radius 2 is 2.43 bits per heavy atom. The zero-order chi connectivity index (χ0) is 10.6. The lowest BCUT2D eigenvalue weighted by Gasteiger charge is -2.06. The van der Waals surface area contributed by atoms with Crippen LogP contribution in [0.2, 0.25) is 5.15 Å². The van der Waals surface area contributed by atoms with E-state index in [-0.39, 0.29) is 16.5 Å². The number of hydrogen-bond donors (Lipinski definition) is 2. The highest BCUT2D eigenvalue weighted by Crippen LogP contribution is 2.06. The molecule has 0 aromatic carbocycles. The SMILES string of the molecule is CC(C#N)CNc1cc(=O)cc(Cl)[nH]1. The first kappa shape index (κ1) is 10.6. The van der Waals surface area contributed by atoms with Gasteiger partial charge >= 0.3 is 0 Å². The third-order valence-electron chi connectivity index (χ3n) is 1.63. The normalized spacial score (nSPS) is 11.8. The van der Waals surface area contributed by atoms with Crippen LogP contribution in [-0.4, -0.2) is 11.5 Å². The molecular weight excluding hydrogens is 202 g/mol. The number of anilines is 1. The molecule has 14 heavy (non-hydrogen) atoms. The Morgan fingerprint density at radius 1 is 1.71 bits per heavy atom. The molecule has 1 aromatic heterocycles. The summed E-state index contributed by atoms with van der Waals surface area (Å²) in [5, 5.41) is 11.7. The van der Waals surface area contributed by atoms with Gasteiger partial charge in [-0.1, -0.05) is 11.6 Å². The van der Waals surface area contributed by atoms with E-state index in [0.29, 0.717) is 12.4 Å². The van der Waals surface area contributed by atoms with Gasteiger partial charge in [0.25, 0.3) is 0 Å². The molecular formula is C9H10ClN3O. The molecule has 0 bridgehead atoms. The van der Waals surface area contributed by atoms with Crippen molar-refractivity contribution in [2.75, 3.05) is 11.9 Å². The van der Waals surface area contributed by atoms with E-state index in [2.05, 4.69) is 16.4 Å². The molecule has 1 aromatic rings. The van der Waals surface area contributed by atoms with Crippen LogP contribution in [0.1, 0.15) is 6.92 Å². The summed E-state index contributed by atoms with van der Waals surface area (Å²) >= 11 is 5.64. The molecule has 0 saturated heterocycles. The van der Waals surface area contributed by atoms with Crippen molar-refractivity contribution in [3.63, 3.8) is 0 Å². The van der Waals surface area contributed by atoms with Crippen molar-refractivity contribution in [2.24, 2.45) is 5.92 Å². The maximum absolute atomic E-state index is 11.0. The highest BCUT2D eigenvalue weighted by atomic mass is 35.5.